The van der Waals surface area contributed by atoms with Crippen LogP contribution in [-0.4, -0.2) is 25.6 Å². The fourth-order valence-corrected chi connectivity index (χ4v) is 1.76. The van der Waals surface area contributed by atoms with E-state index in [1.54, 1.807) is 0 Å². The molecule has 0 aromatic heterocycles. The van der Waals surface area contributed by atoms with E-state index in [2.05, 4.69) is 20.8 Å². The molecule has 1 aromatic carbocycles. The van der Waals surface area contributed by atoms with Gasteiger partial charge in [0.05, 0.1) is 16.6 Å². The summed E-state index contributed by atoms with van der Waals surface area (Å²) in [4.78, 5) is 2.23. The summed E-state index contributed by atoms with van der Waals surface area (Å²) in [7, 11) is 4.01. The largest absolute Gasteiger partial charge is 0.492 e. The summed E-state index contributed by atoms with van der Waals surface area (Å²) in [6, 6.07) is 5.83. The van der Waals surface area contributed by atoms with Crippen molar-refractivity contribution in [1.29, 1.82) is 0 Å². The highest BCUT2D eigenvalue weighted by atomic mass is 79.9. The molecule has 1 atom stereocenters. The van der Waals surface area contributed by atoms with Gasteiger partial charge in [0.15, 0.2) is 0 Å². The average Bonchev–Trinajstić information content (AvgIpc) is 2.20. The lowest BCUT2D eigenvalue weighted by atomic mass is 10.2. The number of hydrogen-bond donors (Lipinski definition) is 0. The molecule has 0 aliphatic carbocycles. The first-order valence-electron chi connectivity index (χ1n) is 4.79. The first kappa shape index (κ1) is 12.8. The van der Waals surface area contributed by atoms with Gasteiger partial charge in [0.1, 0.15) is 5.75 Å². The summed E-state index contributed by atoms with van der Waals surface area (Å²) in [5.41, 5.74) is 1.12. The highest BCUT2D eigenvalue weighted by Gasteiger charge is 2.11. The maximum atomic E-state index is 6.09. The zero-order chi connectivity index (χ0) is 11.4. The summed E-state index contributed by atoms with van der Waals surface area (Å²) < 4.78 is 5.37. The quantitative estimate of drug-likeness (QED) is 0.620. The van der Waals surface area contributed by atoms with Gasteiger partial charge in [-0.05, 0) is 38.7 Å². The van der Waals surface area contributed by atoms with E-state index in [1.807, 2.05) is 39.2 Å². The maximum absolute atomic E-state index is 6.09. The smallest absolute Gasteiger partial charge is 0.137 e. The van der Waals surface area contributed by atoms with Crippen LogP contribution in [0, 0.1) is 0 Å². The van der Waals surface area contributed by atoms with Crippen molar-refractivity contribution in [2.24, 2.45) is 0 Å². The van der Waals surface area contributed by atoms with Gasteiger partial charge < -0.3 is 4.74 Å². The summed E-state index contributed by atoms with van der Waals surface area (Å²) in [5, 5.41) is 0.653. The number of nitrogens with zero attached hydrogens (tertiary/aromatic N) is 1. The highest BCUT2D eigenvalue weighted by molar-refractivity contribution is 9.09. The minimum absolute atomic E-state index is 0.172. The second-order valence-corrected chi connectivity index (χ2v) is 4.70. The number of benzene rings is 1. The lowest BCUT2D eigenvalue weighted by Crippen LogP contribution is -2.14. The molecule has 0 saturated carbocycles. The molecule has 84 valence electrons. The van der Waals surface area contributed by atoms with Gasteiger partial charge in [-0.2, -0.15) is 0 Å². The Morgan fingerprint density at radius 2 is 2.13 bits per heavy atom. The summed E-state index contributed by atoms with van der Waals surface area (Å²) in [6.07, 6.45) is 0. The molecule has 4 heteroatoms. The van der Waals surface area contributed by atoms with Crippen molar-refractivity contribution in [2.75, 3.05) is 20.7 Å². The van der Waals surface area contributed by atoms with Gasteiger partial charge in [0.25, 0.3) is 0 Å². The van der Waals surface area contributed by atoms with E-state index in [0.717, 1.165) is 11.3 Å². The summed E-state index contributed by atoms with van der Waals surface area (Å²) >= 11 is 9.67. The van der Waals surface area contributed by atoms with E-state index in [-0.39, 0.29) is 4.95 Å². The second kappa shape index (κ2) is 5.73. The Balaban J connectivity index is 2.90. The molecule has 0 spiro atoms. The SMILES string of the molecule is CCOc1ccc(C(Br)N(C)C)cc1Cl. The van der Waals surface area contributed by atoms with Crippen molar-refractivity contribution in [3.05, 3.63) is 28.8 Å². The van der Waals surface area contributed by atoms with Crippen LogP contribution in [0.1, 0.15) is 17.4 Å². The Labute approximate surface area is 104 Å². The van der Waals surface area contributed by atoms with Gasteiger partial charge in [-0.15, -0.1) is 0 Å². The topological polar surface area (TPSA) is 12.5 Å². The number of hydrogen-bond acceptors (Lipinski definition) is 2. The minimum Gasteiger partial charge on any atom is -0.492 e. The van der Waals surface area contributed by atoms with Gasteiger partial charge in [-0.1, -0.05) is 33.6 Å². The molecular formula is C11H15BrClNO. The van der Waals surface area contributed by atoms with Crippen LogP contribution in [0.4, 0.5) is 0 Å². The van der Waals surface area contributed by atoms with E-state index < -0.39 is 0 Å². The molecule has 1 unspecified atom stereocenters. The molecule has 2 nitrogen and oxygen atoms in total. The molecule has 0 saturated heterocycles. The normalized spacial score (nSPS) is 12.9. The van der Waals surface area contributed by atoms with E-state index in [9.17, 15) is 0 Å². The average molecular weight is 293 g/mol. The van der Waals surface area contributed by atoms with E-state index in [4.69, 9.17) is 16.3 Å². The third-order valence-corrected chi connectivity index (χ3v) is 3.63. The van der Waals surface area contributed by atoms with Crippen molar-refractivity contribution in [1.82, 2.24) is 4.90 Å². The third kappa shape index (κ3) is 3.37. The van der Waals surface area contributed by atoms with Crippen molar-refractivity contribution >= 4 is 27.5 Å². The Morgan fingerprint density at radius 1 is 1.47 bits per heavy atom. The zero-order valence-corrected chi connectivity index (χ0v) is 11.5. The van der Waals surface area contributed by atoms with E-state index in [0.29, 0.717) is 11.6 Å². The third-order valence-electron chi connectivity index (χ3n) is 1.98. The van der Waals surface area contributed by atoms with Crippen molar-refractivity contribution < 1.29 is 4.74 Å². The maximum Gasteiger partial charge on any atom is 0.137 e. The van der Waals surface area contributed by atoms with Gasteiger partial charge in [0.2, 0.25) is 0 Å². The lowest BCUT2D eigenvalue weighted by Gasteiger charge is -2.19. The molecule has 0 aliphatic heterocycles. The molecular weight excluding hydrogens is 277 g/mol. The molecule has 1 aromatic rings. The molecule has 15 heavy (non-hydrogen) atoms. The van der Waals surface area contributed by atoms with Gasteiger partial charge in [0, 0.05) is 0 Å². The molecule has 0 heterocycles. The standard InChI is InChI=1S/C11H15BrClNO/c1-4-15-10-6-5-8(7-9(10)13)11(12)14(2)3/h5-7,11H,4H2,1-3H3. The van der Waals surface area contributed by atoms with Crippen molar-refractivity contribution in [2.45, 2.75) is 11.9 Å². The molecule has 0 bridgehead atoms. The predicted molar refractivity (Wildman–Crippen MR) is 68.0 cm³/mol. The number of halogens is 2. The van der Waals surface area contributed by atoms with Gasteiger partial charge >= 0.3 is 0 Å². The van der Waals surface area contributed by atoms with Crippen molar-refractivity contribution in [3.63, 3.8) is 0 Å². The first-order chi connectivity index (χ1) is 7.06. The molecule has 1 rings (SSSR count). The predicted octanol–water partition coefficient (Wildman–Crippen LogP) is 3.69. The summed E-state index contributed by atoms with van der Waals surface area (Å²) in [5.74, 6) is 0.737. The van der Waals surface area contributed by atoms with Gasteiger partial charge in [-0.25, -0.2) is 0 Å². The number of ether oxygens (including phenoxy) is 1. The van der Waals surface area contributed by atoms with Crippen LogP contribution >= 0.6 is 27.5 Å². The minimum atomic E-state index is 0.172. The molecule has 0 fully saturated rings. The highest BCUT2D eigenvalue weighted by Crippen LogP contribution is 2.31. The van der Waals surface area contributed by atoms with Crippen LogP contribution in [-0.2, 0) is 0 Å². The molecule has 0 aliphatic rings. The van der Waals surface area contributed by atoms with E-state index >= 15 is 0 Å². The van der Waals surface area contributed by atoms with Crippen LogP contribution in [0.15, 0.2) is 18.2 Å². The molecule has 0 radical (unpaired) electrons. The van der Waals surface area contributed by atoms with E-state index in [1.165, 1.54) is 0 Å². The molecule has 0 N–H and O–H groups in total. The Morgan fingerprint density at radius 3 is 2.60 bits per heavy atom. The lowest BCUT2D eigenvalue weighted by molar-refractivity contribution is 0.340. The molecule has 0 amide bonds. The van der Waals surface area contributed by atoms with Crippen LogP contribution in [0.25, 0.3) is 0 Å². The summed E-state index contributed by atoms with van der Waals surface area (Å²) in [6.45, 7) is 2.57. The van der Waals surface area contributed by atoms with Crippen LogP contribution in [0.5, 0.6) is 5.75 Å². The Hall–Kier alpha value is -0.250. The van der Waals surface area contributed by atoms with Gasteiger partial charge in [-0.3, -0.25) is 4.90 Å². The fraction of sp³-hybridized carbons (Fsp3) is 0.455. The Kier molecular flexibility index (Phi) is 4.90. The number of rotatable bonds is 4. The Bertz CT molecular complexity index is 330. The monoisotopic (exact) mass is 291 g/mol. The number of alkyl halides is 1. The van der Waals surface area contributed by atoms with Crippen molar-refractivity contribution in [3.8, 4) is 5.75 Å². The van der Waals surface area contributed by atoms with Crippen LogP contribution < -0.4 is 4.74 Å². The second-order valence-electron chi connectivity index (χ2n) is 3.42. The van der Waals surface area contributed by atoms with Crippen LogP contribution in [0.3, 0.4) is 0 Å². The zero-order valence-electron chi connectivity index (χ0n) is 9.13. The van der Waals surface area contributed by atoms with Crippen LogP contribution in [0.2, 0.25) is 5.02 Å². The first-order valence-corrected chi connectivity index (χ1v) is 6.08. The fourth-order valence-electron chi connectivity index (χ4n) is 1.24.